The molecule has 2 rings (SSSR count). The lowest BCUT2D eigenvalue weighted by atomic mass is 9.82. The molecule has 1 heterocycles. The third-order valence-corrected chi connectivity index (χ3v) is 4.56. The Morgan fingerprint density at radius 1 is 1.47 bits per heavy atom. The molecule has 0 spiro atoms. The number of nitrogens with one attached hydrogen (secondary N) is 1. The average Bonchev–Trinajstić information content (AvgIpc) is 2.63. The van der Waals surface area contributed by atoms with Gasteiger partial charge in [0.1, 0.15) is 0 Å². The molecule has 17 heavy (non-hydrogen) atoms. The monoisotopic (exact) mass is 254 g/mol. The van der Waals surface area contributed by atoms with E-state index in [2.05, 4.69) is 31.1 Å². The van der Waals surface area contributed by atoms with Crippen molar-refractivity contribution in [2.24, 2.45) is 5.92 Å². The third-order valence-electron chi connectivity index (χ3n) is 3.14. The highest BCUT2D eigenvalue weighted by Gasteiger charge is 2.26. The van der Waals surface area contributed by atoms with E-state index in [0.29, 0.717) is 5.92 Å². The minimum Gasteiger partial charge on any atom is -0.393 e. The van der Waals surface area contributed by atoms with Gasteiger partial charge in [-0.05, 0) is 25.3 Å². The van der Waals surface area contributed by atoms with E-state index in [4.69, 9.17) is 0 Å². The molecule has 1 aromatic rings. The van der Waals surface area contributed by atoms with Gasteiger partial charge < -0.3 is 10.4 Å². The molecular weight excluding hydrogens is 232 g/mol. The molecule has 0 bridgehead atoms. The number of hydrogen-bond donors (Lipinski definition) is 2. The van der Waals surface area contributed by atoms with Crippen molar-refractivity contribution in [3.05, 3.63) is 16.1 Å². The quantitative estimate of drug-likeness (QED) is 0.866. The van der Waals surface area contributed by atoms with Gasteiger partial charge in [0.15, 0.2) is 0 Å². The fraction of sp³-hybridized carbons (Fsp3) is 0.769. The van der Waals surface area contributed by atoms with Crippen molar-refractivity contribution in [3.63, 3.8) is 0 Å². The van der Waals surface area contributed by atoms with Crippen LogP contribution >= 0.6 is 11.3 Å². The van der Waals surface area contributed by atoms with Gasteiger partial charge in [-0.1, -0.05) is 20.8 Å². The van der Waals surface area contributed by atoms with E-state index in [1.54, 1.807) is 11.3 Å². The first-order valence-electron chi connectivity index (χ1n) is 6.29. The van der Waals surface area contributed by atoms with Crippen molar-refractivity contribution in [3.8, 4) is 0 Å². The van der Waals surface area contributed by atoms with Crippen molar-refractivity contribution in [2.75, 3.05) is 6.54 Å². The van der Waals surface area contributed by atoms with Crippen molar-refractivity contribution >= 4 is 11.3 Å². The van der Waals surface area contributed by atoms with Crippen LogP contribution in [-0.4, -0.2) is 22.7 Å². The topological polar surface area (TPSA) is 45.2 Å². The number of nitrogens with zero attached hydrogens (tertiary/aromatic N) is 1. The summed E-state index contributed by atoms with van der Waals surface area (Å²) in [6.07, 6.45) is 3.86. The Bertz CT molecular complexity index is 364. The van der Waals surface area contributed by atoms with Crippen molar-refractivity contribution < 1.29 is 5.11 Å². The normalized spacial score (nSPS) is 24.7. The molecule has 96 valence electrons. The summed E-state index contributed by atoms with van der Waals surface area (Å²) in [5, 5.41) is 13.8. The van der Waals surface area contributed by atoms with E-state index >= 15 is 0 Å². The molecule has 1 saturated carbocycles. The molecule has 1 aliphatic carbocycles. The Balaban J connectivity index is 1.74. The van der Waals surface area contributed by atoms with Gasteiger partial charge >= 0.3 is 0 Å². The lowest BCUT2D eigenvalue weighted by Gasteiger charge is -2.31. The summed E-state index contributed by atoms with van der Waals surface area (Å²) in [7, 11) is 0. The largest absolute Gasteiger partial charge is 0.393 e. The van der Waals surface area contributed by atoms with Crippen LogP contribution in [0.5, 0.6) is 0 Å². The first-order chi connectivity index (χ1) is 7.95. The summed E-state index contributed by atoms with van der Waals surface area (Å²) in [6, 6.07) is 0. The number of rotatable bonds is 4. The summed E-state index contributed by atoms with van der Waals surface area (Å²) in [5.41, 5.74) is 0.154. The second kappa shape index (κ2) is 5.04. The molecule has 0 amide bonds. The molecule has 1 aromatic heterocycles. The molecule has 0 saturated heterocycles. The minimum absolute atomic E-state index is 0.0438. The van der Waals surface area contributed by atoms with E-state index in [1.165, 1.54) is 9.88 Å². The molecule has 0 unspecified atom stereocenters. The van der Waals surface area contributed by atoms with Crippen molar-refractivity contribution in [1.29, 1.82) is 0 Å². The van der Waals surface area contributed by atoms with Crippen molar-refractivity contribution in [2.45, 2.75) is 51.7 Å². The molecule has 3 nitrogen and oxygen atoms in total. The van der Waals surface area contributed by atoms with E-state index < -0.39 is 0 Å². The Morgan fingerprint density at radius 3 is 2.71 bits per heavy atom. The second-order valence-corrected chi connectivity index (χ2v) is 7.12. The van der Waals surface area contributed by atoms with Crippen LogP contribution in [0.15, 0.2) is 6.20 Å². The van der Waals surface area contributed by atoms with Gasteiger partial charge in [0.2, 0.25) is 0 Å². The summed E-state index contributed by atoms with van der Waals surface area (Å²) < 4.78 is 0. The number of aliphatic hydroxyl groups is 1. The van der Waals surface area contributed by atoms with Gasteiger partial charge in [-0.2, -0.15) is 0 Å². The van der Waals surface area contributed by atoms with E-state index in [1.807, 2.05) is 6.20 Å². The summed E-state index contributed by atoms with van der Waals surface area (Å²) in [5.74, 6) is 0.667. The fourth-order valence-corrected chi connectivity index (χ4v) is 2.94. The smallest absolute Gasteiger partial charge is 0.0981 e. The highest BCUT2D eigenvalue weighted by atomic mass is 32.1. The molecule has 0 radical (unpaired) electrons. The Labute approximate surface area is 107 Å². The van der Waals surface area contributed by atoms with Gasteiger partial charge in [-0.3, -0.25) is 0 Å². The van der Waals surface area contributed by atoms with Crippen LogP contribution in [0, 0.1) is 5.92 Å². The molecule has 1 aliphatic rings. The van der Waals surface area contributed by atoms with Crippen LogP contribution in [0.2, 0.25) is 0 Å². The van der Waals surface area contributed by atoms with E-state index in [0.717, 1.165) is 25.9 Å². The van der Waals surface area contributed by atoms with Crippen LogP contribution in [0.25, 0.3) is 0 Å². The fourth-order valence-electron chi connectivity index (χ4n) is 2.00. The maximum Gasteiger partial charge on any atom is 0.0981 e. The molecule has 1 fully saturated rings. The molecule has 0 aliphatic heterocycles. The number of aromatic nitrogens is 1. The Kier molecular flexibility index (Phi) is 3.85. The van der Waals surface area contributed by atoms with Crippen LogP contribution in [0.3, 0.4) is 0 Å². The predicted octanol–water partition coefficient (Wildman–Crippen LogP) is 2.30. The van der Waals surface area contributed by atoms with Crippen LogP contribution in [0.1, 0.15) is 43.5 Å². The van der Waals surface area contributed by atoms with E-state index in [9.17, 15) is 5.11 Å². The zero-order valence-electron chi connectivity index (χ0n) is 10.9. The van der Waals surface area contributed by atoms with Crippen LogP contribution in [0.4, 0.5) is 0 Å². The van der Waals surface area contributed by atoms with Gasteiger partial charge in [0.25, 0.3) is 0 Å². The Hall–Kier alpha value is -0.450. The Morgan fingerprint density at radius 2 is 2.18 bits per heavy atom. The van der Waals surface area contributed by atoms with Crippen molar-refractivity contribution in [1.82, 2.24) is 10.3 Å². The first-order valence-corrected chi connectivity index (χ1v) is 7.11. The molecule has 4 heteroatoms. The molecule has 2 N–H and O–H groups in total. The lowest BCUT2D eigenvalue weighted by molar-refractivity contribution is 0.0430. The number of thiazole rings is 1. The van der Waals surface area contributed by atoms with Crippen LogP contribution < -0.4 is 5.32 Å². The maximum absolute atomic E-state index is 9.19. The van der Waals surface area contributed by atoms with Gasteiger partial charge in [0, 0.05) is 23.0 Å². The third kappa shape index (κ3) is 3.50. The second-order valence-electron chi connectivity index (χ2n) is 6.00. The number of hydrogen-bond acceptors (Lipinski definition) is 4. The van der Waals surface area contributed by atoms with E-state index in [-0.39, 0.29) is 11.5 Å². The summed E-state index contributed by atoms with van der Waals surface area (Å²) in [4.78, 5) is 5.77. The maximum atomic E-state index is 9.19. The lowest BCUT2D eigenvalue weighted by Crippen LogP contribution is -2.35. The summed E-state index contributed by atoms with van der Waals surface area (Å²) >= 11 is 1.79. The summed E-state index contributed by atoms with van der Waals surface area (Å²) in [6.45, 7) is 8.50. The predicted molar refractivity (Wildman–Crippen MR) is 71.3 cm³/mol. The molecule has 0 aromatic carbocycles. The molecule has 0 atom stereocenters. The highest BCUT2D eigenvalue weighted by molar-refractivity contribution is 7.11. The van der Waals surface area contributed by atoms with Gasteiger partial charge in [-0.15, -0.1) is 11.3 Å². The highest BCUT2D eigenvalue weighted by Crippen LogP contribution is 2.28. The van der Waals surface area contributed by atoms with Gasteiger partial charge in [-0.25, -0.2) is 4.98 Å². The SMILES string of the molecule is CC(C)(C)c1ncc(CNCC2CC(O)C2)s1. The average molecular weight is 254 g/mol. The van der Waals surface area contributed by atoms with Gasteiger partial charge in [0.05, 0.1) is 11.1 Å². The zero-order valence-corrected chi connectivity index (χ0v) is 11.7. The minimum atomic E-state index is -0.0438. The standard InChI is InChI=1S/C13H22N2OS/c1-13(2,3)12-15-8-11(17-12)7-14-6-9-4-10(16)5-9/h8-10,14,16H,4-7H2,1-3H3. The van der Waals surface area contributed by atoms with Crippen LogP contribution in [-0.2, 0) is 12.0 Å². The number of aliphatic hydroxyl groups excluding tert-OH is 1. The zero-order chi connectivity index (χ0) is 12.5. The molecular formula is C13H22N2OS. The first kappa shape index (κ1) is 13.0.